The zero-order valence-corrected chi connectivity index (χ0v) is 19.4. The summed E-state index contributed by atoms with van der Waals surface area (Å²) in [5.41, 5.74) is 3.57. The molecule has 2 aromatic carbocycles. The Morgan fingerprint density at radius 3 is 2.50 bits per heavy atom. The van der Waals surface area contributed by atoms with Crippen LogP contribution in [-0.2, 0) is 9.53 Å². The molecule has 1 amide bonds. The molecular weight excluding hydrogens is 408 g/mol. The fraction of sp³-hybridized carbons (Fsp3) is 0.440. The number of hydrogen-bond donors (Lipinski definition) is 2. The van der Waals surface area contributed by atoms with E-state index >= 15 is 0 Å². The molecule has 0 aliphatic rings. The second-order valence-electron chi connectivity index (χ2n) is 7.79. The Kier molecular flexibility index (Phi) is 10.3. The second kappa shape index (κ2) is 13.0. The third-order valence-electron chi connectivity index (χ3n) is 5.27. The molecular formula is C25H34N2O5. The van der Waals surface area contributed by atoms with Crippen molar-refractivity contribution in [3.63, 3.8) is 0 Å². The molecule has 0 aliphatic carbocycles. The molecule has 2 rings (SSSR count). The number of ketones is 1. The molecule has 0 saturated heterocycles. The summed E-state index contributed by atoms with van der Waals surface area (Å²) in [6, 6.07) is 12.7. The molecule has 32 heavy (non-hydrogen) atoms. The van der Waals surface area contributed by atoms with E-state index in [4.69, 9.17) is 9.47 Å². The molecule has 7 nitrogen and oxygen atoms in total. The minimum Gasteiger partial charge on any atom is -0.491 e. The van der Waals surface area contributed by atoms with Gasteiger partial charge in [0.25, 0.3) is 0 Å². The number of aliphatic hydroxyl groups excluding tert-OH is 1. The topological polar surface area (TPSA) is 88.1 Å². The molecule has 1 atom stereocenters. The number of amides is 1. The van der Waals surface area contributed by atoms with Crippen molar-refractivity contribution >= 4 is 17.4 Å². The first-order valence-corrected chi connectivity index (χ1v) is 10.9. The summed E-state index contributed by atoms with van der Waals surface area (Å²) >= 11 is 0. The molecule has 2 N–H and O–H groups in total. The molecule has 0 saturated carbocycles. The Bertz CT molecular complexity index is 882. The summed E-state index contributed by atoms with van der Waals surface area (Å²) in [5.74, 6) is 0.497. The lowest BCUT2D eigenvalue weighted by atomic mass is 10.1. The highest BCUT2D eigenvalue weighted by Crippen LogP contribution is 2.18. The first-order chi connectivity index (χ1) is 15.3. The van der Waals surface area contributed by atoms with Gasteiger partial charge in [0.15, 0.2) is 5.78 Å². The van der Waals surface area contributed by atoms with Gasteiger partial charge >= 0.3 is 0 Å². The van der Waals surface area contributed by atoms with E-state index in [1.54, 1.807) is 31.4 Å². The standard InChI is InChI=1S/C25H34N2O5/c1-5-24(29)20-9-11-22(12-10-20)32-17-21(28)15-27(13-14-31-4)16-25(30)26-23-8-6-7-18(2)19(23)3/h6-12,21,28H,5,13-17H2,1-4H3,(H,26,30). The smallest absolute Gasteiger partial charge is 0.238 e. The van der Waals surface area contributed by atoms with E-state index < -0.39 is 6.10 Å². The zero-order valence-electron chi connectivity index (χ0n) is 19.4. The normalized spacial score (nSPS) is 11.9. The van der Waals surface area contributed by atoms with Crippen molar-refractivity contribution in [2.75, 3.05) is 45.3 Å². The van der Waals surface area contributed by atoms with Crippen molar-refractivity contribution in [1.29, 1.82) is 0 Å². The van der Waals surface area contributed by atoms with E-state index in [1.165, 1.54) is 0 Å². The molecule has 0 fully saturated rings. The number of aryl methyl sites for hydroxylation is 1. The maximum absolute atomic E-state index is 12.6. The third kappa shape index (κ3) is 8.07. The fourth-order valence-electron chi connectivity index (χ4n) is 3.22. The van der Waals surface area contributed by atoms with Crippen LogP contribution < -0.4 is 10.1 Å². The molecule has 1 unspecified atom stereocenters. The molecule has 0 spiro atoms. The van der Waals surface area contributed by atoms with Crippen molar-refractivity contribution in [3.05, 3.63) is 59.2 Å². The zero-order chi connectivity index (χ0) is 23.5. The number of nitrogens with one attached hydrogen (secondary N) is 1. The number of carbonyl (C=O) groups is 2. The van der Waals surface area contributed by atoms with Crippen LogP contribution in [0.3, 0.4) is 0 Å². The highest BCUT2D eigenvalue weighted by molar-refractivity contribution is 5.96. The number of carbonyl (C=O) groups excluding carboxylic acids is 2. The van der Waals surface area contributed by atoms with Gasteiger partial charge in [0.1, 0.15) is 18.5 Å². The monoisotopic (exact) mass is 442 g/mol. The molecule has 7 heteroatoms. The first-order valence-electron chi connectivity index (χ1n) is 10.9. The number of rotatable bonds is 13. The van der Waals surface area contributed by atoms with Crippen LogP contribution in [0.15, 0.2) is 42.5 Å². The summed E-state index contributed by atoms with van der Waals surface area (Å²) in [7, 11) is 1.60. The van der Waals surface area contributed by atoms with Crippen molar-refractivity contribution in [2.45, 2.75) is 33.3 Å². The Hall–Kier alpha value is -2.74. The largest absolute Gasteiger partial charge is 0.491 e. The highest BCUT2D eigenvalue weighted by atomic mass is 16.5. The van der Waals surface area contributed by atoms with Crippen LogP contribution in [0.25, 0.3) is 0 Å². The first kappa shape index (κ1) is 25.5. The molecule has 174 valence electrons. The average molecular weight is 443 g/mol. The number of benzene rings is 2. The maximum atomic E-state index is 12.6. The number of anilines is 1. The van der Waals surface area contributed by atoms with Gasteiger partial charge in [0, 0.05) is 37.9 Å². The van der Waals surface area contributed by atoms with Crippen LogP contribution in [0, 0.1) is 13.8 Å². The Morgan fingerprint density at radius 1 is 1.12 bits per heavy atom. The van der Waals surface area contributed by atoms with Crippen LogP contribution in [0.1, 0.15) is 34.8 Å². The van der Waals surface area contributed by atoms with Gasteiger partial charge in [0.2, 0.25) is 5.91 Å². The summed E-state index contributed by atoms with van der Waals surface area (Å²) in [4.78, 5) is 26.1. The predicted molar refractivity (Wildman–Crippen MR) is 125 cm³/mol. The minimum absolute atomic E-state index is 0.0726. The van der Waals surface area contributed by atoms with Crippen molar-refractivity contribution in [3.8, 4) is 5.75 Å². The van der Waals surface area contributed by atoms with Gasteiger partial charge in [-0.15, -0.1) is 0 Å². The molecule has 0 aromatic heterocycles. The minimum atomic E-state index is -0.794. The van der Waals surface area contributed by atoms with Crippen molar-refractivity contribution in [2.24, 2.45) is 0 Å². The van der Waals surface area contributed by atoms with Gasteiger partial charge in [-0.2, -0.15) is 0 Å². The van der Waals surface area contributed by atoms with Crippen LogP contribution >= 0.6 is 0 Å². The Morgan fingerprint density at radius 2 is 1.84 bits per heavy atom. The van der Waals surface area contributed by atoms with Crippen molar-refractivity contribution in [1.82, 2.24) is 4.90 Å². The molecule has 0 bridgehead atoms. The summed E-state index contributed by atoms with van der Waals surface area (Å²) in [6.45, 7) is 7.20. The van der Waals surface area contributed by atoms with Crippen LogP contribution in [-0.4, -0.2) is 67.8 Å². The highest BCUT2D eigenvalue weighted by Gasteiger charge is 2.17. The van der Waals surface area contributed by atoms with Crippen LogP contribution in [0.5, 0.6) is 5.75 Å². The van der Waals surface area contributed by atoms with Gasteiger partial charge in [-0.05, 0) is 55.3 Å². The van der Waals surface area contributed by atoms with E-state index in [2.05, 4.69) is 5.32 Å². The van der Waals surface area contributed by atoms with Gasteiger partial charge in [-0.3, -0.25) is 14.5 Å². The van der Waals surface area contributed by atoms with Crippen molar-refractivity contribution < 1.29 is 24.2 Å². The van der Waals surface area contributed by atoms with E-state index in [1.807, 2.05) is 43.9 Å². The third-order valence-corrected chi connectivity index (χ3v) is 5.27. The molecule has 2 aromatic rings. The number of methoxy groups -OCH3 is 1. The lowest BCUT2D eigenvalue weighted by Crippen LogP contribution is -2.42. The van der Waals surface area contributed by atoms with Gasteiger partial charge in [-0.1, -0.05) is 19.1 Å². The van der Waals surface area contributed by atoms with Crippen LogP contribution in [0.2, 0.25) is 0 Å². The number of hydrogen-bond acceptors (Lipinski definition) is 6. The van der Waals surface area contributed by atoms with Gasteiger partial charge in [0.05, 0.1) is 13.2 Å². The lowest BCUT2D eigenvalue weighted by Gasteiger charge is -2.24. The Labute approximate surface area is 190 Å². The van der Waals surface area contributed by atoms with Crippen LogP contribution in [0.4, 0.5) is 5.69 Å². The SMILES string of the molecule is CCC(=O)c1ccc(OCC(O)CN(CCOC)CC(=O)Nc2cccc(C)c2C)cc1. The molecule has 0 radical (unpaired) electrons. The maximum Gasteiger partial charge on any atom is 0.238 e. The molecule has 0 heterocycles. The number of ether oxygens (including phenoxy) is 2. The second-order valence-corrected chi connectivity index (χ2v) is 7.79. The lowest BCUT2D eigenvalue weighted by molar-refractivity contribution is -0.117. The summed E-state index contributed by atoms with van der Waals surface area (Å²) < 4.78 is 10.8. The van der Waals surface area contributed by atoms with E-state index in [0.717, 1.165) is 16.8 Å². The quantitative estimate of drug-likeness (QED) is 0.463. The van der Waals surface area contributed by atoms with E-state index in [-0.39, 0.29) is 31.4 Å². The van der Waals surface area contributed by atoms with E-state index in [0.29, 0.717) is 30.9 Å². The number of nitrogens with zero attached hydrogens (tertiary/aromatic N) is 1. The van der Waals surface area contributed by atoms with Gasteiger partial charge < -0.3 is 19.9 Å². The molecule has 0 aliphatic heterocycles. The van der Waals surface area contributed by atoms with E-state index in [9.17, 15) is 14.7 Å². The summed E-state index contributed by atoms with van der Waals surface area (Å²) in [5, 5.41) is 13.4. The number of Topliss-reactive ketones (excluding diaryl/α,β-unsaturated/α-hetero) is 1. The predicted octanol–water partition coefficient (Wildman–Crippen LogP) is 3.22. The number of aliphatic hydroxyl groups is 1. The Balaban J connectivity index is 1.89. The fourth-order valence-corrected chi connectivity index (χ4v) is 3.22. The summed E-state index contributed by atoms with van der Waals surface area (Å²) in [6.07, 6.45) is -0.343. The average Bonchev–Trinajstić information content (AvgIpc) is 2.79. The van der Waals surface area contributed by atoms with Gasteiger partial charge in [-0.25, -0.2) is 0 Å².